The molecule has 4 nitrogen and oxygen atoms in total. The van der Waals surface area contributed by atoms with E-state index in [1.54, 1.807) is 11.3 Å². The van der Waals surface area contributed by atoms with Gasteiger partial charge in [0.2, 0.25) is 0 Å². The smallest absolute Gasteiger partial charge is 0.0794 e. The molecule has 0 radical (unpaired) electrons. The summed E-state index contributed by atoms with van der Waals surface area (Å²) in [6.45, 7) is 1.77. The van der Waals surface area contributed by atoms with Gasteiger partial charge in [0.1, 0.15) is 0 Å². The molecule has 102 valence electrons. The minimum Gasteiger partial charge on any atom is -0.312 e. The minimum atomic E-state index is 0.828. The van der Waals surface area contributed by atoms with Gasteiger partial charge >= 0.3 is 0 Å². The molecule has 0 bridgehead atoms. The first-order chi connectivity index (χ1) is 9.93. The van der Waals surface area contributed by atoms with Crippen molar-refractivity contribution in [3.63, 3.8) is 0 Å². The second-order valence-corrected chi connectivity index (χ2v) is 5.48. The van der Waals surface area contributed by atoms with Crippen molar-refractivity contribution < 1.29 is 0 Å². The van der Waals surface area contributed by atoms with E-state index in [9.17, 15) is 0 Å². The lowest BCUT2D eigenvalue weighted by Gasteiger charge is -2.05. The highest BCUT2D eigenvalue weighted by Gasteiger charge is 2.07. The lowest BCUT2D eigenvalue weighted by Crippen LogP contribution is -2.16. The highest BCUT2D eigenvalue weighted by molar-refractivity contribution is 7.13. The highest BCUT2D eigenvalue weighted by atomic mass is 32.1. The lowest BCUT2D eigenvalue weighted by molar-refractivity contribution is 0.688. The Bertz CT molecular complexity index is 631. The fourth-order valence-corrected chi connectivity index (χ4v) is 2.84. The predicted molar refractivity (Wildman–Crippen MR) is 81.5 cm³/mol. The molecule has 3 rings (SSSR count). The molecule has 2 N–H and O–H groups in total. The van der Waals surface area contributed by atoms with Gasteiger partial charge in [-0.25, -0.2) is 0 Å². The maximum Gasteiger partial charge on any atom is 0.0794 e. The summed E-state index contributed by atoms with van der Waals surface area (Å²) in [7, 11) is 0. The second kappa shape index (κ2) is 6.45. The van der Waals surface area contributed by atoms with Gasteiger partial charge in [0.05, 0.1) is 16.8 Å². The molecule has 0 saturated carbocycles. The summed E-state index contributed by atoms with van der Waals surface area (Å²) in [5.41, 5.74) is 3.64. The Morgan fingerprint density at radius 2 is 2.10 bits per heavy atom. The Labute approximate surface area is 121 Å². The third-order valence-corrected chi connectivity index (χ3v) is 4.03. The van der Waals surface area contributed by atoms with Gasteiger partial charge in [-0.15, -0.1) is 11.3 Å². The van der Waals surface area contributed by atoms with Crippen molar-refractivity contribution in [2.75, 3.05) is 6.54 Å². The molecule has 0 spiro atoms. The van der Waals surface area contributed by atoms with Crippen LogP contribution in [0.4, 0.5) is 0 Å². The number of rotatable bonds is 6. The van der Waals surface area contributed by atoms with Gasteiger partial charge in [-0.05, 0) is 42.1 Å². The number of aromatic nitrogens is 3. The van der Waals surface area contributed by atoms with Crippen molar-refractivity contribution in [2.24, 2.45) is 0 Å². The molecule has 0 fully saturated rings. The largest absolute Gasteiger partial charge is 0.312 e. The lowest BCUT2D eigenvalue weighted by atomic mass is 10.2. The van der Waals surface area contributed by atoms with Crippen molar-refractivity contribution in [3.05, 3.63) is 59.4 Å². The summed E-state index contributed by atoms with van der Waals surface area (Å²) >= 11 is 1.72. The normalized spacial score (nSPS) is 10.8. The number of nitrogens with one attached hydrogen (secondary N) is 2. The Morgan fingerprint density at radius 1 is 1.20 bits per heavy atom. The fourth-order valence-electron chi connectivity index (χ4n) is 2.08. The molecular formula is C15H16N4S. The number of nitrogens with zero attached hydrogens (tertiary/aromatic N) is 2. The quantitative estimate of drug-likeness (QED) is 0.684. The average Bonchev–Trinajstić information content (AvgIpc) is 3.15. The van der Waals surface area contributed by atoms with Crippen LogP contribution in [-0.2, 0) is 13.0 Å². The monoisotopic (exact) mass is 284 g/mol. The van der Waals surface area contributed by atoms with E-state index in [1.165, 1.54) is 16.0 Å². The van der Waals surface area contributed by atoms with Crippen LogP contribution in [0.15, 0.2) is 48.2 Å². The van der Waals surface area contributed by atoms with Crippen LogP contribution in [-0.4, -0.2) is 21.7 Å². The number of thiophene rings is 1. The van der Waals surface area contributed by atoms with Crippen LogP contribution in [0.2, 0.25) is 0 Å². The first-order valence-electron chi connectivity index (χ1n) is 6.59. The predicted octanol–water partition coefficient (Wildman–Crippen LogP) is 2.87. The topological polar surface area (TPSA) is 53.6 Å². The van der Waals surface area contributed by atoms with Crippen molar-refractivity contribution in [1.82, 2.24) is 20.5 Å². The minimum absolute atomic E-state index is 0.828. The van der Waals surface area contributed by atoms with E-state index in [1.807, 2.05) is 18.6 Å². The van der Waals surface area contributed by atoms with Crippen LogP contribution in [0.1, 0.15) is 11.1 Å². The molecule has 0 saturated heterocycles. The zero-order valence-electron chi connectivity index (χ0n) is 11.0. The van der Waals surface area contributed by atoms with Gasteiger partial charge in [0.25, 0.3) is 0 Å². The first-order valence-corrected chi connectivity index (χ1v) is 7.47. The van der Waals surface area contributed by atoms with Gasteiger partial charge < -0.3 is 5.32 Å². The van der Waals surface area contributed by atoms with Crippen LogP contribution in [0.25, 0.3) is 10.6 Å². The van der Waals surface area contributed by atoms with Crippen LogP contribution in [0.3, 0.4) is 0 Å². The first kappa shape index (κ1) is 13.0. The molecular weight excluding hydrogens is 268 g/mol. The summed E-state index contributed by atoms with van der Waals surface area (Å²) in [6.07, 6.45) is 6.57. The molecule has 3 aromatic rings. The second-order valence-electron chi connectivity index (χ2n) is 4.53. The molecule has 0 aliphatic carbocycles. The summed E-state index contributed by atoms with van der Waals surface area (Å²) < 4.78 is 0. The van der Waals surface area contributed by atoms with E-state index >= 15 is 0 Å². The van der Waals surface area contributed by atoms with E-state index in [2.05, 4.69) is 50.1 Å². The summed E-state index contributed by atoms with van der Waals surface area (Å²) in [5.74, 6) is 0. The summed E-state index contributed by atoms with van der Waals surface area (Å²) in [6, 6.07) is 8.27. The van der Waals surface area contributed by atoms with E-state index in [0.29, 0.717) is 0 Å². The van der Waals surface area contributed by atoms with Gasteiger partial charge in [0, 0.05) is 24.5 Å². The van der Waals surface area contributed by atoms with Gasteiger partial charge in [0.15, 0.2) is 0 Å². The van der Waals surface area contributed by atoms with Gasteiger partial charge in [-0.2, -0.15) is 5.10 Å². The average molecular weight is 284 g/mol. The van der Waals surface area contributed by atoms with Crippen LogP contribution in [0, 0.1) is 0 Å². The standard InChI is InChI=1S/C15H16N4S/c1-2-14(20-9-1)15-13(11-18-19-15)10-17-8-5-12-3-6-16-7-4-12/h1-4,6-7,9,11,17H,5,8,10H2,(H,18,19). The van der Waals surface area contributed by atoms with E-state index in [4.69, 9.17) is 0 Å². The third-order valence-electron chi connectivity index (χ3n) is 3.14. The third kappa shape index (κ3) is 3.12. The van der Waals surface area contributed by atoms with Crippen molar-refractivity contribution in [3.8, 4) is 10.6 Å². The van der Waals surface area contributed by atoms with Gasteiger partial charge in [-0.1, -0.05) is 6.07 Å². The highest BCUT2D eigenvalue weighted by Crippen LogP contribution is 2.25. The number of H-pyrrole nitrogens is 1. The van der Waals surface area contributed by atoms with Crippen LogP contribution >= 0.6 is 11.3 Å². The molecule has 0 aliphatic rings. The fraction of sp³-hybridized carbons (Fsp3) is 0.200. The molecule has 0 amide bonds. The van der Waals surface area contributed by atoms with Gasteiger partial charge in [-0.3, -0.25) is 10.1 Å². The summed E-state index contributed by atoms with van der Waals surface area (Å²) in [5, 5.41) is 12.8. The Kier molecular flexibility index (Phi) is 4.20. The molecule has 3 heterocycles. The molecule has 0 atom stereocenters. The van der Waals surface area contributed by atoms with Crippen molar-refractivity contribution >= 4 is 11.3 Å². The Balaban J connectivity index is 1.53. The molecule has 0 aromatic carbocycles. The number of aromatic amines is 1. The maximum atomic E-state index is 4.15. The zero-order valence-corrected chi connectivity index (χ0v) is 11.9. The number of hydrogen-bond acceptors (Lipinski definition) is 4. The molecule has 3 aromatic heterocycles. The number of pyridine rings is 1. The van der Waals surface area contributed by atoms with Crippen LogP contribution in [0.5, 0.6) is 0 Å². The zero-order chi connectivity index (χ0) is 13.6. The SMILES string of the molecule is c1csc(-c2[nH]ncc2CNCCc2ccncc2)c1. The molecule has 0 unspecified atom stereocenters. The Morgan fingerprint density at radius 3 is 2.90 bits per heavy atom. The summed E-state index contributed by atoms with van der Waals surface area (Å²) in [4.78, 5) is 5.25. The molecule has 5 heteroatoms. The van der Waals surface area contributed by atoms with Crippen LogP contribution < -0.4 is 5.32 Å². The van der Waals surface area contributed by atoms with Crippen molar-refractivity contribution in [1.29, 1.82) is 0 Å². The Hall–Kier alpha value is -1.98. The molecule has 0 aliphatic heterocycles. The van der Waals surface area contributed by atoms with E-state index in [0.717, 1.165) is 25.2 Å². The molecule has 20 heavy (non-hydrogen) atoms. The number of hydrogen-bond donors (Lipinski definition) is 2. The van der Waals surface area contributed by atoms with Crippen molar-refractivity contribution in [2.45, 2.75) is 13.0 Å². The van der Waals surface area contributed by atoms with E-state index in [-0.39, 0.29) is 0 Å². The van der Waals surface area contributed by atoms with E-state index < -0.39 is 0 Å². The maximum absolute atomic E-state index is 4.15.